The van der Waals surface area contributed by atoms with E-state index >= 15 is 0 Å². The Bertz CT molecular complexity index is 153. The summed E-state index contributed by atoms with van der Waals surface area (Å²) in [6, 6.07) is 0. The minimum Gasteiger partial charge on any atom is -0.334 e. The normalized spacial score (nSPS) is 16.2. The molecule has 0 aliphatic heterocycles. The van der Waals surface area contributed by atoms with Crippen molar-refractivity contribution in [3.8, 4) is 0 Å². The second kappa shape index (κ2) is 4.75. The molecule has 0 aromatic rings. The van der Waals surface area contributed by atoms with Crippen LogP contribution in [0.3, 0.4) is 0 Å². The average Bonchev–Trinajstić information content (AvgIpc) is 2.86. The second-order valence-corrected chi connectivity index (χ2v) is 4.16. The molecule has 1 aliphatic rings. The minimum absolute atomic E-state index is 0.256. The summed E-state index contributed by atoms with van der Waals surface area (Å²) in [4.78, 5) is 13.3. The molecule has 1 saturated carbocycles. The lowest BCUT2D eigenvalue weighted by atomic mass is 10.5. The second-order valence-electron chi connectivity index (χ2n) is 3.19. The maximum Gasteiger partial charge on any atom is 0.281 e. The summed E-state index contributed by atoms with van der Waals surface area (Å²) >= 11 is 1.49. The van der Waals surface area contributed by atoms with Gasteiger partial charge in [-0.05, 0) is 32.6 Å². The fraction of sp³-hybridized carbons (Fsp3) is 0.889. The van der Waals surface area contributed by atoms with E-state index in [9.17, 15) is 4.79 Å². The third-order valence-electron chi connectivity index (χ3n) is 2.16. The van der Waals surface area contributed by atoms with Gasteiger partial charge >= 0.3 is 0 Å². The molecule has 0 saturated heterocycles. The standard InChI is InChI=1S/C9H17NOS/c1-3-10(4-2)9(11)12-7-8-5-6-8/h8H,3-7H2,1-2H3. The van der Waals surface area contributed by atoms with Gasteiger partial charge in [-0.15, -0.1) is 0 Å². The lowest BCUT2D eigenvalue weighted by Crippen LogP contribution is -2.27. The molecule has 3 heteroatoms. The van der Waals surface area contributed by atoms with Crippen molar-refractivity contribution in [2.45, 2.75) is 26.7 Å². The van der Waals surface area contributed by atoms with Gasteiger partial charge in [0.2, 0.25) is 0 Å². The Morgan fingerprint density at radius 1 is 1.42 bits per heavy atom. The molecule has 0 N–H and O–H groups in total. The number of amides is 1. The van der Waals surface area contributed by atoms with Crippen LogP contribution in [-0.4, -0.2) is 29.0 Å². The molecule has 1 amide bonds. The van der Waals surface area contributed by atoms with Crippen molar-refractivity contribution in [3.05, 3.63) is 0 Å². The molecule has 70 valence electrons. The lowest BCUT2D eigenvalue weighted by Gasteiger charge is -2.17. The first-order valence-corrected chi connectivity index (χ1v) is 5.68. The molecule has 12 heavy (non-hydrogen) atoms. The molecule has 0 aromatic heterocycles. The van der Waals surface area contributed by atoms with Gasteiger partial charge in [0.1, 0.15) is 0 Å². The average molecular weight is 187 g/mol. The fourth-order valence-corrected chi connectivity index (χ4v) is 2.20. The van der Waals surface area contributed by atoms with E-state index in [-0.39, 0.29) is 5.24 Å². The maximum atomic E-state index is 11.4. The van der Waals surface area contributed by atoms with Crippen LogP contribution in [0.15, 0.2) is 0 Å². The Morgan fingerprint density at radius 2 is 2.00 bits per heavy atom. The predicted molar refractivity (Wildman–Crippen MR) is 53.5 cm³/mol. The van der Waals surface area contributed by atoms with E-state index in [1.165, 1.54) is 24.6 Å². The van der Waals surface area contributed by atoms with Crippen molar-refractivity contribution >= 4 is 17.0 Å². The van der Waals surface area contributed by atoms with Crippen LogP contribution in [0.4, 0.5) is 4.79 Å². The number of thioether (sulfide) groups is 1. The lowest BCUT2D eigenvalue weighted by molar-refractivity contribution is 0.228. The topological polar surface area (TPSA) is 20.3 Å². The van der Waals surface area contributed by atoms with E-state index in [0.29, 0.717) is 0 Å². The number of rotatable bonds is 4. The van der Waals surface area contributed by atoms with Crippen molar-refractivity contribution in [2.24, 2.45) is 5.92 Å². The Kier molecular flexibility index (Phi) is 3.92. The third kappa shape index (κ3) is 3.05. The monoisotopic (exact) mass is 187 g/mol. The van der Waals surface area contributed by atoms with Crippen molar-refractivity contribution in [3.63, 3.8) is 0 Å². The van der Waals surface area contributed by atoms with Crippen LogP contribution < -0.4 is 0 Å². The largest absolute Gasteiger partial charge is 0.334 e. The molecule has 0 unspecified atom stereocenters. The zero-order chi connectivity index (χ0) is 8.97. The van der Waals surface area contributed by atoms with Crippen LogP contribution in [-0.2, 0) is 0 Å². The van der Waals surface area contributed by atoms with Crippen LogP contribution in [0.2, 0.25) is 0 Å². The first-order valence-electron chi connectivity index (χ1n) is 4.69. The highest BCUT2D eigenvalue weighted by Crippen LogP contribution is 2.32. The Balaban J connectivity index is 2.15. The van der Waals surface area contributed by atoms with Gasteiger partial charge in [0.15, 0.2) is 0 Å². The predicted octanol–water partition coefficient (Wildman–Crippen LogP) is 2.59. The molecule has 0 heterocycles. The van der Waals surface area contributed by atoms with Gasteiger partial charge in [0, 0.05) is 18.8 Å². The molecule has 1 fully saturated rings. The Morgan fingerprint density at radius 3 is 2.42 bits per heavy atom. The van der Waals surface area contributed by atoms with Crippen LogP contribution >= 0.6 is 11.8 Å². The molecular formula is C9H17NOS. The summed E-state index contributed by atoms with van der Waals surface area (Å²) in [5.41, 5.74) is 0. The molecule has 0 atom stereocenters. The third-order valence-corrected chi connectivity index (χ3v) is 3.30. The molecule has 1 rings (SSSR count). The number of nitrogens with zero attached hydrogens (tertiary/aromatic N) is 1. The van der Waals surface area contributed by atoms with Crippen molar-refractivity contribution in [1.29, 1.82) is 0 Å². The molecule has 2 nitrogen and oxygen atoms in total. The molecule has 0 aromatic carbocycles. The first kappa shape index (κ1) is 9.90. The van der Waals surface area contributed by atoms with E-state index in [4.69, 9.17) is 0 Å². The summed E-state index contributed by atoms with van der Waals surface area (Å²) in [5.74, 6) is 1.88. The van der Waals surface area contributed by atoms with Gasteiger partial charge in [0.25, 0.3) is 5.24 Å². The SMILES string of the molecule is CCN(CC)C(=O)SCC1CC1. The highest BCUT2D eigenvalue weighted by molar-refractivity contribution is 8.13. The summed E-state index contributed by atoms with van der Waals surface area (Å²) in [6.07, 6.45) is 2.66. The number of carbonyl (C=O) groups excluding carboxylic acids is 1. The van der Waals surface area contributed by atoms with Gasteiger partial charge in [-0.25, -0.2) is 0 Å². The quantitative estimate of drug-likeness (QED) is 0.674. The molecule has 0 spiro atoms. The van der Waals surface area contributed by atoms with Crippen LogP contribution in [0.5, 0.6) is 0 Å². The highest BCUT2D eigenvalue weighted by Gasteiger charge is 2.23. The first-order chi connectivity index (χ1) is 5.77. The summed E-state index contributed by atoms with van der Waals surface area (Å²) in [7, 11) is 0. The molecule has 0 bridgehead atoms. The van der Waals surface area contributed by atoms with Crippen LogP contribution in [0.1, 0.15) is 26.7 Å². The van der Waals surface area contributed by atoms with Gasteiger partial charge in [0.05, 0.1) is 0 Å². The van der Waals surface area contributed by atoms with Gasteiger partial charge in [-0.1, -0.05) is 11.8 Å². The zero-order valence-corrected chi connectivity index (χ0v) is 8.69. The van der Waals surface area contributed by atoms with Crippen LogP contribution in [0, 0.1) is 5.92 Å². The van der Waals surface area contributed by atoms with E-state index in [1.807, 2.05) is 18.7 Å². The molecular weight excluding hydrogens is 170 g/mol. The number of hydrogen-bond donors (Lipinski definition) is 0. The number of carbonyl (C=O) groups is 1. The smallest absolute Gasteiger partial charge is 0.281 e. The van der Waals surface area contributed by atoms with Crippen molar-refractivity contribution in [2.75, 3.05) is 18.8 Å². The molecule has 0 radical (unpaired) electrons. The maximum absolute atomic E-state index is 11.4. The van der Waals surface area contributed by atoms with Gasteiger partial charge in [-0.3, -0.25) is 4.79 Å². The highest BCUT2D eigenvalue weighted by atomic mass is 32.2. The van der Waals surface area contributed by atoms with Crippen molar-refractivity contribution < 1.29 is 4.79 Å². The van der Waals surface area contributed by atoms with E-state index < -0.39 is 0 Å². The number of hydrogen-bond acceptors (Lipinski definition) is 2. The summed E-state index contributed by atoms with van der Waals surface area (Å²) < 4.78 is 0. The van der Waals surface area contributed by atoms with E-state index in [1.54, 1.807) is 0 Å². The van der Waals surface area contributed by atoms with Gasteiger partial charge < -0.3 is 4.90 Å². The van der Waals surface area contributed by atoms with E-state index in [0.717, 1.165) is 24.8 Å². The Hall–Kier alpha value is -0.180. The minimum atomic E-state index is 0.256. The van der Waals surface area contributed by atoms with E-state index in [2.05, 4.69) is 0 Å². The summed E-state index contributed by atoms with van der Waals surface area (Å²) in [5, 5.41) is 0.256. The Labute approximate surface area is 78.7 Å². The summed E-state index contributed by atoms with van der Waals surface area (Å²) in [6.45, 7) is 5.73. The van der Waals surface area contributed by atoms with Crippen molar-refractivity contribution in [1.82, 2.24) is 4.90 Å². The van der Waals surface area contributed by atoms with Gasteiger partial charge in [-0.2, -0.15) is 0 Å². The van der Waals surface area contributed by atoms with Crippen LogP contribution in [0.25, 0.3) is 0 Å². The zero-order valence-electron chi connectivity index (χ0n) is 7.88. The molecule has 1 aliphatic carbocycles. The fourth-order valence-electron chi connectivity index (χ4n) is 1.05.